The Bertz CT molecular complexity index is 801. The van der Waals surface area contributed by atoms with Gasteiger partial charge in [0, 0.05) is 29.9 Å². The van der Waals surface area contributed by atoms with Crippen molar-refractivity contribution >= 4 is 23.5 Å². The van der Waals surface area contributed by atoms with Gasteiger partial charge in [0.25, 0.3) is 11.5 Å². The number of halogens is 1. The SMILES string of the molecule is Cn1ccc(C(=O)NC(CC(=O)O)c2ccccc2Cl)cc1=O. The molecule has 0 aliphatic heterocycles. The number of nitrogens with one attached hydrogen (secondary N) is 1. The zero-order chi connectivity index (χ0) is 17.0. The Hall–Kier alpha value is -2.60. The van der Waals surface area contributed by atoms with Gasteiger partial charge in [0.2, 0.25) is 0 Å². The molecule has 120 valence electrons. The van der Waals surface area contributed by atoms with Crippen LogP contribution in [0.2, 0.25) is 5.02 Å². The van der Waals surface area contributed by atoms with Gasteiger partial charge >= 0.3 is 5.97 Å². The van der Waals surface area contributed by atoms with Crippen molar-refractivity contribution in [2.75, 3.05) is 0 Å². The smallest absolute Gasteiger partial charge is 0.305 e. The number of amides is 1. The number of hydrogen-bond acceptors (Lipinski definition) is 3. The second-order valence-corrected chi connectivity index (χ2v) is 5.42. The van der Waals surface area contributed by atoms with Gasteiger partial charge in [-0.05, 0) is 17.7 Å². The second-order valence-electron chi connectivity index (χ2n) is 5.01. The predicted molar refractivity (Wildman–Crippen MR) is 85.6 cm³/mol. The fraction of sp³-hybridized carbons (Fsp3) is 0.188. The van der Waals surface area contributed by atoms with Crippen LogP contribution in [0.25, 0.3) is 0 Å². The van der Waals surface area contributed by atoms with Gasteiger partial charge in [0.05, 0.1) is 12.5 Å². The van der Waals surface area contributed by atoms with E-state index in [0.717, 1.165) is 0 Å². The Morgan fingerprint density at radius 2 is 2.00 bits per heavy atom. The molecule has 6 nitrogen and oxygen atoms in total. The number of carboxylic acids is 1. The highest BCUT2D eigenvalue weighted by Crippen LogP contribution is 2.25. The maximum absolute atomic E-state index is 12.3. The molecule has 1 aromatic carbocycles. The highest BCUT2D eigenvalue weighted by atomic mass is 35.5. The van der Waals surface area contributed by atoms with Crippen molar-refractivity contribution in [3.05, 3.63) is 69.1 Å². The molecule has 0 radical (unpaired) electrons. The number of nitrogens with zero attached hydrogens (tertiary/aromatic N) is 1. The van der Waals surface area contributed by atoms with E-state index in [4.69, 9.17) is 16.7 Å². The molecule has 2 rings (SSSR count). The van der Waals surface area contributed by atoms with Crippen LogP contribution in [0.3, 0.4) is 0 Å². The third-order valence-electron chi connectivity index (χ3n) is 3.33. The second kappa shape index (κ2) is 7.11. The molecular weight excluding hydrogens is 320 g/mol. The van der Waals surface area contributed by atoms with Gasteiger partial charge in [-0.3, -0.25) is 14.4 Å². The molecule has 0 aliphatic rings. The van der Waals surface area contributed by atoms with E-state index < -0.39 is 17.9 Å². The number of carbonyl (C=O) groups is 2. The molecule has 0 bridgehead atoms. The molecule has 2 aromatic rings. The molecule has 7 heteroatoms. The Morgan fingerprint density at radius 1 is 1.30 bits per heavy atom. The third-order valence-corrected chi connectivity index (χ3v) is 3.68. The van der Waals surface area contributed by atoms with Gasteiger partial charge in [0.1, 0.15) is 0 Å². The number of rotatable bonds is 5. The van der Waals surface area contributed by atoms with Crippen molar-refractivity contribution in [1.29, 1.82) is 0 Å². The quantitative estimate of drug-likeness (QED) is 0.875. The molecule has 0 saturated heterocycles. The first-order valence-corrected chi connectivity index (χ1v) is 7.20. The Kier molecular flexibility index (Phi) is 5.18. The van der Waals surface area contributed by atoms with Crippen LogP contribution in [-0.2, 0) is 11.8 Å². The predicted octanol–water partition coefficient (Wildman–Crippen LogP) is 1.98. The summed E-state index contributed by atoms with van der Waals surface area (Å²) in [7, 11) is 1.57. The van der Waals surface area contributed by atoms with Crippen molar-refractivity contribution in [2.45, 2.75) is 12.5 Å². The normalized spacial score (nSPS) is 11.7. The van der Waals surface area contributed by atoms with Crippen LogP contribution in [0.1, 0.15) is 28.4 Å². The van der Waals surface area contributed by atoms with E-state index in [-0.39, 0.29) is 17.5 Å². The molecule has 0 saturated carbocycles. The lowest BCUT2D eigenvalue weighted by molar-refractivity contribution is -0.137. The lowest BCUT2D eigenvalue weighted by Crippen LogP contribution is -2.31. The summed E-state index contributed by atoms with van der Waals surface area (Å²) in [5.41, 5.74) is 0.342. The van der Waals surface area contributed by atoms with Crippen molar-refractivity contribution in [1.82, 2.24) is 9.88 Å². The minimum absolute atomic E-state index is 0.163. The Labute approximate surface area is 137 Å². The monoisotopic (exact) mass is 334 g/mol. The summed E-state index contributed by atoms with van der Waals surface area (Å²) in [5.74, 6) is -1.60. The van der Waals surface area contributed by atoms with E-state index in [2.05, 4.69) is 5.32 Å². The number of aromatic nitrogens is 1. The first kappa shape index (κ1) is 16.8. The largest absolute Gasteiger partial charge is 0.481 e. The summed E-state index contributed by atoms with van der Waals surface area (Å²) in [6.45, 7) is 0. The maximum Gasteiger partial charge on any atom is 0.305 e. The van der Waals surface area contributed by atoms with Crippen LogP contribution < -0.4 is 10.9 Å². The number of pyridine rings is 1. The molecule has 23 heavy (non-hydrogen) atoms. The third kappa shape index (κ3) is 4.20. The van der Waals surface area contributed by atoms with E-state index >= 15 is 0 Å². The van der Waals surface area contributed by atoms with Crippen molar-refractivity contribution < 1.29 is 14.7 Å². The average Bonchev–Trinajstić information content (AvgIpc) is 2.49. The first-order valence-electron chi connectivity index (χ1n) is 6.82. The molecule has 0 spiro atoms. The van der Waals surface area contributed by atoms with Crippen LogP contribution in [0, 0.1) is 0 Å². The molecule has 0 aliphatic carbocycles. The van der Waals surface area contributed by atoms with Gasteiger partial charge in [-0.25, -0.2) is 0 Å². The zero-order valence-electron chi connectivity index (χ0n) is 12.3. The number of hydrogen-bond donors (Lipinski definition) is 2. The fourth-order valence-corrected chi connectivity index (χ4v) is 2.37. The zero-order valence-corrected chi connectivity index (χ0v) is 13.1. The van der Waals surface area contributed by atoms with Crippen LogP contribution in [0.5, 0.6) is 0 Å². The Morgan fingerprint density at radius 3 is 2.61 bits per heavy atom. The first-order chi connectivity index (χ1) is 10.9. The topological polar surface area (TPSA) is 88.4 Å². The molecule has 1 amide bonds. The summed E-state index contributed by atoms with van der Waals surface area (Å²) in [6.07, 6.45) is 1.15. The number of aliphatic carboxylic acids is 1. The number of carbonyl (C=O) groups excluding carboxylic acids is 1. The molecule has 0 fully saturated rings. The van der Waals surface area contributed by atoms with Gasteiger partial charge in [-0.15, -0.1) is 0 Å². The highest BCUT2D eigenvalue weighted by Gasteiger charge is 2.21. The van der Waals surface area contributed by atoms with Gasteiger partial charge < -0.3 is 15.0 Å². The van der Waals surface area contributed by atoms with Gasteiger partial charge in [0.15, 0.2) is 0 Å². The van der Waals surface area contributed by atoms with E-state index in [0.29, 0.717) is 10.6 Å². The molecule has 1 atom stereocenters. The van der Waals surface area contributed by atoms with Crippen LogP contribution in [-0.4, -0.2) is 21.6 Å². The lowest BCUT2D eigenvalue weighted by atomic mass is 10.0. The number of benzene rings is 1. The van der Waals surface area contributed by atoms with Crippen molar-refractivity contribution in [2.24, 2.45) is 7.05 Å². The molecule has 1 aromatic heterocycles. The summed E-state index contributed by atoms with van der Waals surface area (Å²) in [5, 5.41) is 12.0. The number of aryl methyl sites for hydroxylation is 1. The van der Waals surface area contributed by atoms with E-state index in [1.165, 1.54) is 22.9 Å². The van der Waals surface area contributed by atoms with Crippen LogP contribution in [0.15, 0.2) is 47.4 Å². The molecule has 1 unspecified atom stereocenters. The minimum atomic E-state index is -1.07. The molecular formula is C16H15ClN2O4. The Balaban J connectivity index is 2.28. The molecule has 1 heterocycles. The highest BCUT2D eigenvalue weighted by molar-refractivity contribution is 6.31. The van der Waals surface area contributed by atoms with E-state index in [9.17, 15) is 14.4 Å². The van der Waals surface area contributed by atoms with Gasteiger partial charge in [-0.2, -0.15) is 0 Å². The van der Waals surface area contributed by atoms with Crippen molar-refractivity contribution in [3.8, 4) is 0 Å². The van der Waals surface area contributed by atoms with Crippen LogP contribution in [0.4, 0.5) is 0 Å². The molecule has 2 N–H and O–H groups in total. The standard InChI is InChI=1S/C16H15ClN2O4/c1-19-7-6-10(8-14(19)20)16(23)18-13(9-15(21)22)11-4-2-3-5-12(11)17/h2-8,13H,9H2,1H3,(H,18,23)(H,21,22). The van der Waals surface area contributed by atoms with E-state index in [1.807, 2.05) is 0 Å². The fourth-order valence-electron chi connectivity index (χ4n) is 2.10. The lowest BCUT2D eigenvalue weighted by Gasteiger charge is -2.18. The average molecular weight is 335 g/mol. The summed E-state index contributed by atoms with van der Waals surface area (Å²) >= 11 is 6.08. The van der Waals surface area contributed by atoms with Crippen LogP contribution >= 0.6 is 11.6 Å². The summed E-state index contributed by atoms with van der Waals surface area (Å²) in [4.78, 5) is 35.0. The van der Waals surface area contributed by atoms with Gasteiger partial charge in [-0.1, -0.05) is 29.8 Å². The minimum Gasteiger partial charge on any atom is -0.481 e. The summed E-state index contributed by atoms with van der Waals surface area (Å²) < 4.78 is 1.33. The summed E-state index contributed by atoms with van der Waals surface area (Å²) in [6, 6.07) is 8.59. The maximum atomic E-state index is 12.3. The van der Waals surface area contributed by atoms with Crippen molar-refractivity contribution in [3.63, 3.8) is 0 Å². The number of carboxylic acid groups (broad SMARTS) is 1. The van der Waals surface area contributed by atoms with E-state index in [1.54, 1.807) is 31.3 Å².